The van der Waals surface area contributed by atoms with Crippen molar-refractivity contribution in [3.05, 3.63) is 47.5 Å². The van der Waals surface area contributed by atoms with Crippen LogP contribution in [0, 0.1) is 6.92 Å². The van der Waals surface area contributed by atoms with Crippen molar-refractivity contribution in [3.8, 4) is 11.4 Å². The van der Waals surface area contributed by atoms with E-state index in [1.165, 1.54) is 0 Å². The average molecular weight is 353 g/mol. The lowest BCUT2D eigenvalue weighted by atomic mass is 10.1. The van der Waals surface area contributed by atoms with Gasteiger partial charge in [0.25, 0.3) is 5.91 Å². The fourth-order valence-corrected chi connectivity index (χ4v) is 2.73. The van der Waals surface area contributed by atoms with Crippen LogP contribution >= 0.6 is 0 Å². The number of aromatic nitrogens is 5. The van der Waals surface area contributed by atoms with Crippen molar-refractivity contribution in [2.75, 3.05) is 5.32 Å². The van der Waals surface area contributed by atoms with Gasteiger partial charge in [0.15, 0.2) is 5.82 Å². The maximum atomic E-state index is 12.6. The minimum absolute atomic E-state index is 0.177. The second-order valence-electron chi connectivity index (χ2n) is 7.07. The molecule has 0 saturated carbocycles. The molecule has 1 aromatic carbocycles. The minimum Gasteiger partial charge on any atom is -0.324 e. The number of nitrogens with two attached hydrogens (primary N) is 1. The van der Waals surface area contributed by atoms with Crippen molar-refractivity contribution in [2.24, 2.45) is 5.73 Å². The van der Waals surface area contributed by atoms with E-state index in [9.17, 15) is 4.79 Å². The lowest BCUT2D eigenvalue weighted by molar-refractivity contribution is 0.102. The standard InChI is InChI=1S/C18H23N7O/c1-11-14(10-20-25(11)18(2,3)4)17(26)21-13-7-5-12(6-8-13)16-22-15(9-19)23-24-16/h5-8,10H,9,19H2,1-4H3,(H,21,26)(H,22,23,24). The van der Waals surface area contributed by atoms with Crippen LogP contribution in [-0.2, 0) is 12.1 Å². The second kappa shape index (κ2) is 6.72. The molecule has 0 aliphatic carbocycles. The monoisotopic (exact) mass is 353 g/mol. The van der Waals surface area contributed by atoms with Crippen LogP contribution in [0.5, 0.6) is 0 Å². The maximum absolute atomic E-state index is 12.6. The highest BCUT2D eigenvalue weighted by atomic mass is 16.1. The molecule has 8 nitrogen and oxygen atoms in total. The van der Waals surface area contributed by atoms with Crippen LogP contribution in [0.4, 0.5) is 5.69 Å². The van der Waals surface area contributed by atoms with E-state index in [-0.39, 0.29) is 11.4 Å². The Morgan fingerprint density at radius 2 is 1.96 bits per heavy atom. The van der Waals surface area contributed by atoms with Gasteiger partial charge in [0.1, 0.15) is 5.82 Å². The molecule has 136 valence electrons. The molecule has 0 saturated heterocycles. The normalized spacial score (nSPS) is 11.6. The summed E-state index contributed by atoms with van der Waals surface area (Å²) in [5, 5.41) is 14.1. The average Bonchev–Trinajstić information content (AvgIpc) is 3.21. The summed E-state index contributed by atoms with van der Waals surface area (Å²) in [7, 11) is 0. The first kappa shape index (κ1) is 17.8. The Labute approximate surface area is 151 Å². The van der Waals surface area contributed by atoms with Gasteiger partial charge in [0, 0.05) is 16.9 Å². The molecular formula is C18H23N7O. The Balaban J connectivity index is 1.75. The van der Waals surface area contributed by atoms with E-state index in [1.54, 1.807) is 6.20 Å². The Morgan fingerprint density at radius 3 is 2.50 bits per heavy atom. The Hall–Kier alpha value is -3.00. The van der Waals surface area contributed by atoms with Crippen molar-refractivity contribution < 1.29 is 4.79 Å². The third-order valence-electron chi connectivity index (χ3n) is 4.02. The third-order valence-corrected chi connectivity index (χ3v) is 4.02. The quantitative estimate of drug-likeness (QED) is 0.666. The van der Waals surface area contributed by atoms with Gasteiger partial charge in [0.05, 0.1) is 23.8 Å². The SMILES string of the molecule is Cc1c(C(=O)Nc2ccc(-c3n[nH]c(CN)n3)cc2)cnn1C(C)(C)C. The summed E-state index contributed by atoms with van der Waals surface area (Å²) >= 11 is 0. The number of H-pyrrole nitrogens is 1. The van der Waals surface area contributed by atoms with E-state index in [0.717, 1.165) is 11.3 Å². The number of aromatic amines is 1. The first-order valence-corrected chi connectivity index (χ1v) is 8.38. The number of benzene rings is 1. The highest BCUT2D eigenvalue weighted by Gasteiger charge is 2.21. The van der Waals surface area contributed by atoms with Gasteiger partial charge in [-0.15, -0.1) is 0 Å². The van der Waals surface area contributed by atoms with E-state index >= 15 is 0 Å². The number of nitrogens with zero attached hydrogens (tertiary/aromatic N) is 4. The van der Waals surface area contributed by atoms with Crippen molar-refractivity contribution in [2.45, 2.75) is 39.8 Å². The van der Waals surface area contributed by atoms with Gasteiger partial charge in [-0.05, 0) is 52.0 Å². The van der Waals surface area contributed by atoms with Crippen LogP contribution in [0.2, 0.25) is 0 Å². The van der Waals surface area contributed by atoms with E-state index < -0.39 is 0 Å². The predicted octanol–water partition coefficient (Wildman–Crippen LogP) is 2.44. The summed E-state index contributed by atoms with van der Waals surface area (Å²) in [5.74, 6) is 1.02. The molecular weight excluding hydrogens is 330 g/mol. The van der Waals surface area contributed by atoms with Gasteiger partial charge in [-0.2, -0.15) is 10.2 Å². The predicted molar refractivity (Wildman–Crippen MR) is 99.6 cm³/mol. The summed E-state index contributed by atoms with van der Waals surface area (Å²) in [6.07, 6.45) is 1.60. The van der Waals surface area contributed by atoms with Crippen LogP contribution in [0.1, 0.15) is 42.6 Å². The van der Waals surface area contributed by atoms with Crippen LogP contribution < -0.4 is 11.1 Å². The van der Waals surface area contributed by atoms with Crippen LogP contribution in [0.15, 0.2) is 30.5 Å². The van der Waals surface area contributed by atoms with Crippen molar-refractivity contribution in [1.29, 1.82) is 0 Å². The summed E-state index contributed by atoms with van der Waals surface area (Å²) in [6.45, 7) is 8.35. The number of nitrogens with one attached hydrogen (secondary N) is 2. The minimum atomic E-state index is -0.186. The topological polar surface area (TPSA) is 115 Å². The Morgan fingerprint density at radius 1 is 1.27 bits per heavy atom. The van der Waals surface area contributed by atoms with E-state index in [4.69, 9.17) is 5.73 Å². The number of carbonyl (C=O) groups excluding carboxylic acids is 1. The van der Waals surface area contributed by atoms with Crippen molar-refractivity contribution >= 4 is 11.6 Å². The fourth-order valence-electron chi connectivity index (χ4n) is 2.73. The number of anilines is 1. The van der Waals surface area contributed by atoms with E-state index in [2.05, 4.69) is 25.6 Å². The lowest BCUT2D eigenvalue weighted by Crippen LogP contribution is -2.25. The maximum Gasteiger partial charge on any atom is 0.259 e. The highest BCUT2D eigenvalue weighted by molar-refractivity contribution is 6.05. The molecule has 0 fully saturated rings. The van der Waals surface area contributed by atoms with E-state index in [0.29, 0.717) is 29.4 Å². The molecule has 0 bridgehead atoms. The molecule has 0 spiro atoms. The third kappa shape index (κ3) is 3.50. The van der Waals surface area contributed by atoms with Crippen molar-refractivity contribution in [1.82, 2.24) is 25.0 Å². The first-order valence-electron chi connectivity index (χ1n) is 8.38. The molecule has 26 heavy (non-hydrogen) atoms. The van der Waals surface area contributed by atoms with Crippen molar-refractivity contribution in [3.63, 3.8) is 0 Å². The number of amides is 1. The van der Waals surface area contributed by atoms with Gasteiger partial charge < -0.3 is 11.1 Å². The smallest absolute Gasteiger partial charge is 0.259 e. The van der Waals surface area contributed by atoms with E-state index in [1.807, 2.05) is 56.6 Å². The molecule has 4 N–H and O–H groups in total. The van der Waals surface area contributed by atoms with Crippen LogP contribution in [0.25, 0.3) is 11.4 Å². The molecule has 2 heterocycles. The first-order chi connectivity index (χ1) is 12.3. The molecule has 3 aromatic rings. The Bertz CT molecular complexity index is 916. The molecule has 0 aliphatic heterocycles. The zero-order valence-corrected chi connectivity index (χ0v) is 15.4. The highest BCUT2D eigenvalue weighted by Crippen LogP contribution is 2.21. The van der Waals surface area contributed by atoms with Crippen LogP contribution in [0.3, 0.4) is 0 Å². The number of hydrogen-bond donors (Lipinski definition) is 3. The summed E-state index contributed by atoms with van der Waals surface area (Å²) < 4.78 is 1.85. The molecule has 0 atom stereocenters. The fraction of sp³-hybridized carbons (Fsp3) is 0.333. The lowest BCUT2D eigenvalue weighted by Gasteiger charge is -2.21. The molecule has 8 heteroatoms. The van der Waals surface area contributed by atoms with Gasteiger partial charge >= 0.3 is 0 Å². The molecule has 0 aliphatic rings. The van der Waals surface area contributed by atoms with Gasteiger partial charge in [-0.25, -0.2) is 4.98 Å². The summed E-state index contributed by atoms with van der Waals surface area (Å²) in [4.78, 5) is 16.8. The molecule has 0 radical (unpaired) electrons. The van der Waals surface area contributed by atoms with Gasteiger partial charge in [-0.1, -0.05) is 0 Å². The second-order valence-corrected chi connectivity index (χ2v) is 7.07. The van der Waals surface area contributed by atoms with Gasteiger partial charge in [0.2, 0.25) is 0 Å². The molecule has 0 unspecified atom stereocenters. The Kier molecular flexibility index (Phi) is 4.60. The van der Waals surface area contributed by atoms with Gasteiger partial charge in [-0.3, -0.25) is 14.6 Å². The zero-order valence-electron chi connectivity index (χ0n) is 15.4. The zero-order chi connectivity index (χ0) is 18.9. The molecule has 2 aromatic heterocycles. The summed E-state index contributed by atoms with van der Waals surface area (Å²) in [6, 6.07) is 7.33. The molecule has 3 rings (SSSR count). The number of rotatable bonds is 4. The number of hydrogen-bond acceptors (Lipinski definition) is 5. The molecule has 1 amide bonds. The number of carbonyl (C=O) groups is 1. The van der Waals surface area contributed by atoms with Crippen LogP contribution in [-0.4, -0.2) is 30.9 Å². The summed E-state index contributed by atoms with van der Waals surface area (Å²) in [5.41, 5.74) is 8.28. The largest absolute Gasteiger partial charge is 0.324 e.